The van der Waals surface area contributed by atoms with Gasteiger partial charge in [0.25, 0.3) is 10.0 Å². The number of urea groups is 1. The molecule has 3 aromatic carbocycles. The molecule has 53 heavy (non-hydrogen) atoms. The Kier molecular flexibility index (Phi) is 12.6. The van der Waals surface area contributed by atoms with Crippen LogP contribution in [0, 0.1) is 0 Å². The summed E-state index contributed by atoms with van der Waals surface area (Å²) in [4.78, 5) is 43.1. The van der Waals surface area contributed by atoms with Gasteiger partial charge in [0.2, 0.25) is 5.91 Å². The Balaban J connectivity index is 1.66. The zero-order valence-corrected chi connectivity index (χ0v) is 33.3. The minimum absolute atomic E-state index is 0.0210. The first-order valence-electron chi connectivity index (χ1n) is 17.2. The molecule has 1 N–H and O–H groups in total. The number of sulfonamides is 1. The number of benzene rings is 3. The summed E-state index contributed by atoms with van der Waals surface area (Å²) in [6.45, 7) is 9.63. The molecule has 0 radical (unpaired) electrons. The highest BCUT2D eigenvalue weighted by Crippen LogP contribution is 2.46. The Morgan fingerprint density at radius 3 is 2.04 bits per heavy atom. The van der Waals surface area contributed by atoms with Crippen LogP contribution in [0.5, 0.6) is 11.5 Å². The molecule has 1 fully saturated rings. The topological polar surface area (TPSA) is 133 Å². The normalized spacial score (nSPS) is 18.3. The van der Waals surface area contributed by atoms with Crippen LogP contribution in [0.3, 0.4) is 0 Å². The highest BCUT2D eigenvalue weighted by molar-refractivity contribution is 7.89. The third kappa shape index (κ3) is 9.07. The fourth-order valence-electron chi connectivity index (χ4n) is 6.35. The number of amides is 3. The summed E-state index contributed by atoms with van der Waals surface area (Å²) in [5.74, 6) is 0.395. The molecule has 3 aromatic rings. The van der Waals surface area contributed by atoms with Crippen LogP contribution in [0.4, 0.5) is 4.79 Å². The first kappa shape index (κ1) is 40.3. The van der Waals surface area contributed by atoms with Gasteiger partial charge in [0.1, 0.15) is 28.3 Å². The zero-order valence-electron chi connectivity index (χ0n) is 30.9. The van der Waals surface area contributed by atoms with Crippen LogP contribution < -0.4 is 14.8 Å². The summed E-state index contributed by atoms with van der Waals surface area (Å²) in [6, 6.07) is 15.6. The van der Waals surface area contributed by atoms with Crippen LogP contribution in [0.2, 0.25) is 10.0 Å². The van der Waals surface area contributed by atoms with Crippen molar-refractivity contribution in [3.63, 3.8) is 0 Å². The molecule has 0 aromatic heterocycles. The number of rotatable bonds is 11. The predicted octanol–water partition coefficient (Wildman–Crippen LogP) is 5.78. The van der Waals surface area contributed by atoms with E-state index in [0.717, 1.165) is 15.6 Å². The van der Waals surface area contributed by atoms with Crippen molar-refractivity contribution in [1.29, 1.82) is 0 Å². The van der Waals surface area contributed by atoms with Gasteiger partial charge in [0.15, 0.2) is 0 Å². The Morgan fingerprint density at radius 2 is 1.51 bits per heavy atom. The molecule has 5 rings (SSSR count). The highest BCUT2D eigenvalue weighted by Gasteiger charge is 2.45. The predicted molar refractivity (Wildman–Crippen MR) is 204 cm³/mol. The molecule has 0 bridgehead atoms. The van der Waals surface area contributed by atoms with Crippen molar-refractivity contribution in [3.05, 3.63) is 87.4 Å². The number of methoxy groups -OCH3 is 1. The molecule has 2 aliphatic rings. The van der Waals surface area contributed by atoms with Crippen LogP contribution in [-0.4, -0.2) is 111 Å². The fraction of sp³-hybridized carbons (Fsp3) is 0.432. The van der Waals surface area contributed by atoms with Crippen LogP contribution in [0.1, 0.15) is 56.5 Å². The van der Waals surface area contributed by atoms with Crippen LogP contribution in [-0.2, 0) is 19.7 Å². The molecular formula is C37H46Cl2N6O7S. The van der Waals surface area contributed by atoms with Crippen molar-refractivity contribution < 1.29 is 32.3 Å². The van der Waals surface area contributed by atoms with E-state index < -0.39 is 22.1 Å². The highest BCUT2D eigenvalue weighted by atomic mass is 35.5. The molecule has 2 aliphatic heterocycles. The lowest BCUT2D eigenvalue weighted by molar-refractivity contribution is -0.124. The lowest BCUT2D eigenvalue weighted by Crippen LogP contribution is -2.56. The molecule has 13 nitrogen and oxygen atoms in total. The average molecular weight is 790 g/mol. The van der Waals surface area contributed by atoms with E-state index in [1.807, 2.05) is 49.9 Å². The molecule has 1 saturated heterocycles. The Morgan fingerprint density at radius 1 is 0.925 bits per heavy atom. The van der Waals surface area contributed by atoms with Crippen molar-refractivity contribution in [2.45, 2.75) is 50.2 Å². The van der Waals surface area contributed by atoms with Crippen molar-refractivity contribution in [2.75, 3.05) is 60.6 Å². The van der Waals surface area contributed by atoms with E-state index in [1.165, 1.54) is 33.4 Å². The molecule has 286 valence electrons. The molecule has 2 atom stereocenters. The number of piperazine rings is 1. The third-order valence-electron chi connectivity index (χ3n) is 8.90. The van der Waals surface area contributed by atoms with Gasteiger partial charge in [-0.25, -0.2) is 13.2 Å². The van der Waals surface area contributed by atoms with Gasteiger partial charge in [-0.1, -0.05) is 51.9 Å². The van der Waals surface area contributed by atoms with Crippen LogP contribution in [0.25, 0.3) is 0 Å². The van der Waals surface area contributed by atoms with Gasteiger partial charge in [-0.3, -0.25) is 24.4 Å². The molecule has 16 heteroatoms. The van der Waals surface area contributed by atoms with Gasteiger partial charge in [0.05, 0.1) is 39.0 Å². The summed E-state index contributed by atoms with van der Waals surface area (Å²) in [7, 11) is -0.376. The second-order valence-corrected chi connectivity index (χ2v) is 16.5. The van der Waals surface area contributed by atoms with Crippen molar-refractivity contribution in [1.82, 2.24) is 24.5 Å². The maximum atomic E-state index is 15.0. The molecule has 0 aliphatic carbocycles. The average Bonchev–Trinajstić information content (AvgIpc) is 3.51. The van der Waals surface area contributed by atoms with Crippen LogP contribution in [0.15, 0.2) is 70.6 Å². The van der Waals surface area contributed by atoms with Gasteiger partial charge in [-0.15, -0.1) is 0 Å². The summed E-state index contributed by atoms with van der Waals surface area (Å²) in [5, 5.41) is 4.05. The van der Waals surface area contributed by atoms with E-state index in [1.54, 1.807) is 41.0 Å². The summed E-state index contributed by atoms with van der Waals surface area (Å²) >= 11 is 12.6. The number of hydrogen-bond acceptors (Lipinski definition) is 9. The van der Waals surface area contributed by atoms with Gasteiger partial charge < -0.3 is 19.7 Å². The molecule has 1 unspecified atom stereocenters. The number of nitrogens with zero attached hydrogens (tertiary/aromatic N) is 5. The lowest BCUT2D eigenvalue weighted by atomic mass is 9.93. The number of halogens is 2. The van der Waals surface area contributed by atoms with Crippen molar-refractivity contribution >= 4 is 51.0 Å². The Labute approximate surface area is 321 Å². The van der Waals surface area contributed by atoms with E-state index in [-0.39, 0.29) is 58.4 Å². The number of carbonyl (C=O) groups is 2. The first-order valence-corrected chi connectivity index (χ1v) is 19.4. The van der Waals surface area contributed by atoms with E-state index in [0.29, 0.717) is 36.2 Å². The third-order valence-corrected chi connectivity index (χ3v) is 11.1. The quantitative estimate of drug-likeness (QED) is 0.242. The van der Waals surface area contributed by atoms with Crippen molar-refractivity contribution in [2.24, 2.45) is 4.99 Å². The number of amidine groups is 1. The molecule has 3 amide bonds. The fourth-order valence-corrected chi connectivity index (χ4v) is 7.74. The van der Waals surface area contributed by atoms with Gasteiger partial charge in [-0.2, -0.15) is 0 Å². The van der Waals surface area contributed by atoms with E-state index in [9.17, 15) is 13.2 Å². The van der Waals surface area contributed by atoms with E-state index in [4.69, 9.17) is 42.5 Å². The zero-order chi connectivity index (χ0) is 38.7. The first-order chi connectivity index (χ1) is 25.1. The standard InChI is InChI=1S/C37H46Cl2N6O7S/c1-8-52-29-22-30(50-6)31(53(48,49)42(5)51-7)21-28(29)35-40-33(24-9-13-26(38)14-10-24)34(25-11-15-27(39)16-12-25)45(35)36(47)44-19-17-43(18-20-44)23-32(46)41-37(2,3)4/h9-16,21-22,33-34H,8,17-20,23H2,1-7H3,(H,41,46)/t33?,34-/m1/s1. The number of nitrogens with one attached hydrogen (secondary N) is 1. The second-order valence-electron chi connectivity index (χ2n) is 13.7. The van der Waals surface area contributed by atoms with Crippen molar-refractivity contribution in [3.8, 4) is 11.5 Å². The lowest BCUT2D eigenvalue weighted by Gasteiger charge is -2.39. The van der Waals surface area contributed by atoms with E-state index in [2.05, 4.69) is 5.32 Å². The molecule has 0 saturated carbocycles. The van der Waals surface area contributed by atoms with Gasteiger partial charge in [0, 0.05) is 54.9 Å². The Hall–Kier alpha value is -3.92. The number of aliphatic imine (C=N–C) groups is 1. The largest absolute Gasteiger partial charge is 0.495 e. The summed E-state index contributed by atoms with van der Waals surface area (Å²) in [5.41, 5.74) is 1.42. The Bertz CT molecular complexity index is 1930. The minimum Gasteiger partial charge on any atom is -0.495 e. The molecule has 2 heterocycles. The second kappa shape index (κ2) is 16.6. The minimum atomic E-state index is -4.25. The van der Waals surface area contributed by atoms with Crippen LogP contribution >= 0.6 is 23.2 Å². The number of carbonyl (C=O) groups excluding carboxylic acids is 2. The summed E-state index contributed by atoms with van der Waals surface area (Å²) in [6.07, 6.45) is 0. The number of hydroxylamine groups is 1. The van der Waals surface area contributed by atoms with Gasteiger partial charge >= 0.3 is 6.03 Å². The maximum absolute atomic E-state index is 15.0. The maximum Gasteiger partial charge on any atom is 0.326 e. The molecular weight excluding hydrogens is 743 g/mol. The number of ether oxygens (including phenoxy) is 2. The SMILES string of the molecule is CCOc1cc(OC)c(S(=O)(=O)N(C)OC)cc1C1=NC(c2ccc(Cl)cc2)[C@@H](c2ccc(Cl)cc2)N1C(=O)N1CCN(CC(=O)NC(C)(C)C)CC1. The number of hydrogen-bond donors (Lipinski definition) is 1. The smallest absolute Gasteiger partial charge is 0.326 e. The summed E-state index contributed by atoms with van der Waals surface area (Å²) < 4.78 is 39.9. The monoisotopic (exact) mass is 788 g/mol. The van der Waals surface area contributed by atoms with E-state index >= 15 is 4.79 Å². The molecule has 0 spiro atoms. The van der Waals surface area contributed by atoms with Gasteiger partial charge in [-0.05, 0) is 69.2 Å².